The lowest BCUT2D eigenvalue weighted by Gasteiger charge is -2.11. The molecule has 0 aliphatic heterocycles. The normalized spacial score (nSPS) is 14.7. The quantitative estimate of drug-likeness (QED) is 0.792. The number of aromatic nitrogens is 2. The van der Waals surface area contributed by atoms with Gasteiger partial charge >= 0.3 is 0 Å². The Labute approximate surface area is 131 Å². The summed E-state index contributed by atoms with van der Waals surface area (Å²) < 4.78 is 1.19. The second-order valence-electron chi connectivity index (χ2n) is 4.81. The molecule has 0 saturated heterocycles. The van der Waals surface area contributed by atoms with Crippen molar-refractivity contribution in [2.45, 2.75) is 32.6 Å². The van der Waals surface area contributed by atoms with Crippen LogP contribution in [0.15, 0.2) is 12.1 Å². The third kappa shape index (κ3) is 2.76. The molecule has 1 N–H and O–H groups in total. The first-order valence-electron chi connectivity index (χ1n) is 6.57. The van der Waals surface area contributed by atoms with Gasteiger partial charge in [-0.25, -0.2) is 9.97 Å². The smallest absolute Gasteiger partial charge is 0.171 e. The van der Waals surface area contributed by atoms with Crippen LogP contribution >= 0.6 is 33.9 Å². The molecule has 0 aromatic carbocycles. The molecule has 1 saturated carbocycles. The second kappa shape index (κ2) is 5.36. The predicted molar refractivity (Wildman–Crippen MR) is 88.9 cm³/mol. The van der Waals surface area contributed by atoms with E-state index in [0.717, 1.165) is 23.1 Å². The highest BCUT2D eigenvalue weighted by atomic mass is 127. The van der Waals surface area contributed by atoms with Crippen molar-refractivity contribution in [3.8, 4) is 10.7 Å². The molecule has 19 heavy (non-hydrogen) atoms. The van der Waals surface area contributed by atoms with Gasteiger partial charge in [-0.1, -0.05) is 0 Å². The maximum atomic E-state index is 4.81. The summed E-state index contributed by atoms with van der Waals surface area (Å²) >= 11 is 4.14. The van der Waals surface area contributed by atoms with Crippen molar-refractivity contribution in [3.05, 3.63) is 26.3 Å². The van der Waals surface area contributed by atoms with Gasteiger partial charge in [0.1, 0.15) is 5.82 Å². The van der Waals surface area contributed by atoms with Gasteiger partial charge in [0.15, 0.2) is 5.82 Å². The Morgan fingerprint density at radius 2 is 2.16 bits per heavy atom. The molecule has 3 rings (SSSR count). The molecular formula is C14H16IN3S. The Bertz CT molecular complexity index is 605. The number of aryl methyl sites for hydroxylation is 1. The van der Waals surface area contributed by atoms with Gasteiger partial charge in [0.25, 0.3) is 0 Å². The number of nitrogens with zero attached hydrogens (tertiary/aromatic N) is 2. The van der Waals surface area contributed by atoms with Crippen molar-refractivity contribution in [2.24, 2.45) is 0 Å². The summed E-state index contributed by atoms with van der Waals surface area (Å²) in [4.78, 5) is 12.0. The molecule has 0 amide bonds. The first kappa shape index (κ1) is 13.3. The lowest BCUT2D eigenvalue weighted by molar-refractivity contribution is 0.974. The minimum atomic E-state index is 0.645. The van der Waals surface area contributed by atoms with E-state index in [-0.39, 0.29) is 0 Å². The van der Waals surface area contributed by atoms with Crippen LogP contribution in [-0.4, -0.2) is 16.5 Å². The molecule has 0 atom stereocenters. The molecule has 1 fully saturated rings. The molecule has 3 nitrogen and oxygen atoms in total. The topological polar surface area (TPSA) is 37.8 Å². The van der Waals surface area contributed by atoms with Crippen LogP contribution in [0.5, 0.6) is 0 Å². The Morgan fingerprint density at radius 1 is 1.37 bits per heavy atom. The molecule has 2 aromatic rings. The standard InChI is InChI=1S/C14H16IN3S/c1-3-16-14-11(15)12(9-5-6-9)17-13(18-14)10-7-4-8(2)19-10/h4,7,9H,3,5-6H2,1-2H3,(H,16,17,18). The van der Waals surface area contributed by atoms with E-state index >= 15 is 0 Å². The van der Waals surface area contributed by atoms with Crippen LogP contribution in [-0.2, 0) is 0 Å². The van der Waals surface area contributed by atoms with Gasteiger partial charge in [0, 0.05) is 17.3 Å². The summed E-state index contributed by atoms with van der Waals surface area (Å²) in [7, 11) is 0. The zero-order valence-corrected chi connectivity index (χ0v) is 14.0. The number of anilines is 1. The minimum Gasteiger partial charge on any atom is -0.369 e. The number of thiophene rings is 1. The zero-order valence-electron chi connectivity index (χ0n) is 11.0. The van der Waals surface area contributed by atoms with Crippen LogP contribution in [0, 0.1) is 10.5 Å². The van der Waals surface area contributed by atoms with Gasteiger partial charge in [-0.05, 0) is 61.4 Å². The van der Waals surface area contributed by atoms with Crippen molar-refractivity contribution in [1.29, 1.82) is 0 Å². The van der Waals surface area contributed by atoms with E-state index in [4.69, 9.17) is 9.97 Å². The predicted octanol–water partition coefficient (Wildman–Crippen LogP) is 4.43. The summed E-state index contributed by atoms with van der Waals surface area (Å²) in [6.45, 7) is 5.11. The van der Waals surface area contributed by atoms with Gasteiger partial charge in [-0.2, -0.15) is 0 Å². The highest BCUT2D eigenvalue weighted by Crippen LogP contribution is 2.43. The molecule has 5 heteroatoms. The zero-order chi connectivity index (χ0) is 13.4. The summed E-state index contributed by atoms with van der Waals surface area (Å²) in [5, 5.41) is 3.36. The highest BCUT2D eigenvalue weighted by molar-refractivity contribution is 14.1. The van der Waals surface area contributed by atoms with Gasteiger partial charge in [0.05, 0.1) is 14.1 Å². The van der Waals surface area contributed by atoms with E-state index in [1.54, 1.807) is 11.3 Å². The highest BCUT2D eigenvalue weighted by Gasteiger charge is 2.29. The molecule has 100 valence electrons. The summed E-state index contributed by atoms with van der Waals surface area (Å²) in [6.07, 6.45) is 2.53. The lowest BCUT2D eigenvalue weighted by atomic mass is 10.2. The summed E-state index contributed by atoms with van der Waals surface area (Å²) in [6, 6.07) is 4.25. The fraction of sp³-hybridized carbons (Fsp3) is 0.429. The summed E-state index contributed by atoms with van der Waals surface area (Å²) in [5.41, 5.74) is 1.23. The van der Waals surface area contributed by atoms with Crippen molar-refractivity contribution in [3.63, 3.8) is 0 Å². The van der Waals surface area contributed by atoms with Crippen molar-refractivity contribution < 1.29 is 0 Å². The van der Waals surface area contributed by atoms with E-state index in [0.29, 0.717) is 5.92 Å². The van der Waals surface area contributed by atoms with E-state index in [9.17, 15) is 0 Å². The van der Waals surface area contributed by atoms with Crippen LogP contribution in [0.2, 0.25) is 0 Å². The lowest BCUT2D eigenvalue weighted by Crippen LogP contribution is -2.07. The first-order valence-corrected chi connectivity index (χ1v) is 8.46. The summed E-state index contributed by atoms with van der Waals surface area (Å²) in [5.74, 6) is 2.50. The molecule has 0 unspecified atom stereocenters. The van der Waals surface area contributed by atoms with Crippen molar-refractivity contribution in [1.82, 2.24) is 9.97 Å². The van der Waals surface area contributed by atoms with Gasteiger partial charge in [0.2, 0.25) is 0 Å². The van der Waals surface area contributed by atoms with Crippen LogP contribution in [0.1, 0.15) is 36.3 Å². The minimum absolute atomic E-state index is 0.645. The van der Waals surface area contributed by atoms with Gasteiger partial charge < -0.3 is 5.32 Å². The van der Waals surface area contributed by atoms with Gasteiger partial charge in [-0.3, -0.25) is 0 Å². The molecule has 0 bridgehead atoms. The van der Waals surface area contributed by atoms with Crippen LogP contribution in [0.4, 0.5) is 5.82 Å². The largest absolute Gasteiger partial charge is 0.369 e. The molecule has 0 radical (unpaired) electrons. The number of hydrogen-bond acceptors (Lipinski definition) is 4. The number of halogens is 1. The van der Waals surface area contributed by atoms with Gasteiger partial charge in [-0.15, -0.1) is 11.3 Å². The van der Waals surface area contributed by atoms with Crippen molar-refractivity contribution in [2.75, 3.05) is 11.9 Å². The van der Waals surface area contributed by atoms with E-state index in [2.05, 4.69) is 53.9 Å². The SMILES string of the molecule is CCNc1nc(-c2ccc(C)s2)nc(C2CC2)c1I. The molecule has 1 aliphatic carbocycles. The molecular weight excluding hydrogens is 369 g/mol. The maximum Gasteiger partial charge on any atom is 0.171 e. The fourth-order valence-electron chi connectivity index (χ4n) is 2.04. The first-order chi connectivity index (χ1) is 9.19. The van der Waals surface area contributed by atoms with Crippen molar-refractivity contribution >= 4 is 39.7 Å². The number of hydrogen-bond donors (Lipinski definition) is 1. The monoisotopic (exact) mass is 385 g/mol. The Hall–Kier alpha value is -0.690. The van der Waals surface area contributed by atoms with E-state index in [1.807, 2.05) is 0 Å². The number of nitrogens with one attached hydrogen (secondary N) is 1. The third-order valence-electron chi connectivity index (χ3n) is 3.15. The Balaban J connectivity index is 2.08. The van der Waals surface area contributed by atoms with Crippen LogP contribution in [0.3, 0.4) is 0 Å². The maximum absolute atomic E-state index is 4.81. The molecule has 2 aromatic heterocycles. The average molecular weight is 385 g/mol. The fourth-order valence-corrected chi connectivity index (χ4v) is 3.72. The van der Waals surface area contributed by atoms with Crippen LogP contribution in [0.25, 0.3) is 10.7 Å². The molecule has 1 aliphatic rings. The average Bonchev–Trinajstić information content (AvgIpc) is 3.14. The second-order valence-corrected chi connectivity index (χ2v) is 7.18. The third-order valence-corrected chi connectivity index (χ3v) is 5.21. The molecule has 2 heterocycles. The number of rotatable bonds is 4. The van der Waals surface area contributed by atoms with E-state index in [1.165, 1.54) is 27.0 Å². The Morgan fingerprint density at radius 3 is 2.74 bits per heavy atom. The molecule has 0 spiro atoms. The Kier molecular flexibility index (Phi) is 3.75. The van der Waals surface area contributed by atoms with E-state index < -0.39 is 0 Å². The van der Waals surface area contributed by atoms with Crippen LogP contribution < -0.4 is 5.32 Å².